The van der Waals surface area contributed by atoms with Crippen molar-refractivity contribution in [2.45, 2.75) is 0 Å². The number of hydrogen-bond donors (Lipinski definition) is 1. The van der Waals surface area contributed by atoms with Crippen LogP contribution in [0.15, 0.2) is 60.9 Å². The maximum absolute atomic E-state index is 11.4. The van der Waals surface area contributed by atoms with Gasteiger partial charge in [-0.1, -0.05) is 12.1 Å². The molecule has 0 bridgehead atoms. The minimum atomic E-state index is -3.35. The van der Waals surface area contributed by atoms with Crippen molar-refractivity contribution >= 4 is 21.4 Å². The van der Waals surface area contributed by atoms with E-state index in [0.29, 0.717) is 22.9 Å². The Labute approximate surface area is 149 Å². The van der Waals surface area contributed by atoms with Gasteiger partial charge in [0, 0.05) is 29.2 Å². The van der Waals surface area contributed by atoms with Gasteiger partial charge < -0.3 is 0 Å². The van der Waals surface area contributed by atoms with Crippen LogP contribution in [0.25, 0.3) is 28.3 Å². The fourth-order valence-electron chi connectivity index (χ4n) is 2.58. The number of nitrogens with zero attached hydrogens (tertiary/aromatic N) is 5. The summed E-state index contributed by atoms with van der Waals surface area (Å²) >= 11 is 0. The lowest BCUT2D eigenvalue weighted by Gasteiger charge is -2.07. The molecule has 0 amide bonds. The lowest BCUT2D eigenvalue weighted by molar-refractivity contribution is 0.607. The number of pyridine rings is 1. The maximum Gasteiger partial charge on any atom is 0.229 e. The molecule has 0 unspecified atom stereocenters. The topological polar surface area (TPSA) is 102 Å². The maximum atomic E-state index is 11.4. The Morgan fingerprint density at radius 3 is 2.54 bits per heavy atom. The number of anilines is 1. The summed E-state index contributed by atoms with van der Waals surface area (Å²) in [4.78, 5) is 4.01. The van der Waals surface area contributed by atoms with Crippen molar-refractivity contribution in [3.63, 3.8) is 0 Å². The lowest BCUT2D eigenvalue weighted by Crippen LogP contribution is -2.09. The predicted molar refractivity (Wildman–Crippen MR) is 97.9 cm³/mol. The van der Waals surface area contributed by atoms with Crippen LogP contribution in [0.2, 0.25) is 0 Å². The molecule has 0 saturated carbocycles. The van der Waals surface area contributed by atoms with Gasteiger partial charge in [0.05, 0.1) is 11.9 Å². The Kier molecular flexibility index (Phi) is 3.85. The van der Waals surface area contributed by atoms with Gasteiger partial charge in [-0.3, -0.25) is 9.71 Å². The summed E-state index contributed by atoms with van der Waals surface area (Å²) in [7, 11) is -3.35. The number of sulfonamides is 1. The first kappa shape index (κ1) is 16.2. The fraction of sp³-hybridized carbons (Fsp3) is 0.0588. The van der Waals surface area contributed by atoms with Gasteiger partial charge in [0.1, 0.15) is 0 Å². The zero-order valence-corrected chi connectivity index (χ0v) is 14.6. The summed E-state index contributed by atoms with van der Waals surface area (Å²) < 4.78 is 27.0. The van der Waals surface area contributed by atoms with Crippen LogP contribution in [-0.4, -0.2) is 39.5 Å². The number of fused-ring (bicyclic) bond motifs is 1. The van der Waals surface area contributed by atoms with Gasteiger partial charge in [0.25, 0.3) is 0 Å². The van der Waals surface area contributed by atoms with Crippen LogP contribution >= 0.6 is 0 Å². The van der Waals surface area contributed by atoms with Crippen LogP contribution < -0.4 is 4.72 Å². The molecule has 9 heteroatoms. The zero-order valence-electron chi connectivity index (χ0n) is 13.7. The molecule has 0 radical (unpaired) electrons. The molecule has 0 atom stereocenters. The van der Waals surface area contributed by atoms with E-state index in [1.54, 1.807) is 35.1 Å². The highest BCUT2D eigenvalue weighted by Crippen LogP contribution is 2.23. The third kappa shape index (κ3) is 3.24. The van der Waals surface area contributed by atoms with Gasteiger partial charge in [-0.2, -0.15) is 9.61 Å². The Morgan fingerprint density at radius 1 is 0.962 bits per heavy atom. The third-order valence-electron chi connectivity index (χ3n) is 3.66. The van der Waals surface area contributed by atoms with Gasteiger partial charge in [-0.25, -0.2) is 8.42 Å². The summed E-state index contributed by atoms with van der Waals surface area (Å²) in [6, 6.07) is 14.3. The van der Waals surface area contributed by atoms with Crippen LogP contribution in [0.3, 0.4) is 0 Å². The number of benzene rings is 1. The molecule has 8 nitrogen and oxygen atoms in total. The van der Waals surface area contributed by atoms with Crippen molar-refractivity contribution in [1.82, 2.24) is 24.8 Å². The zero-order chi connectivity index (χ0) is 18.1. The van der Waals surface area contributed by atoms with Crippen molar-refractivity contribution in [3.05, 3.63) is 60.9 Å². The molecule has 0 fully saturated rings. The summed E-state index contributed by atoms with van der Waals surface area (Å²) in [5.41, 5.74) is 3.39. The van der Waals surface area contributed by atoms with Crippen LogP contribution in [0.5, 0.6) is 0 Å². The van der Waals surface area contributed by atoms with Crippen molar-refractivity contribution in [3.8, 4) is 22.6 Å². The molecule has 3 aromatic heterocycles. The molecule has 0 aliphatic carbocycles. The number of aromatic nitrogens is 5. The highest BCUT2D eigenvalue weighted by molar-refractivity contribution is 7.92. The quantitative estimate of drug-likeness (QED) is 0.594. The molecule has 26 heavy (non-hydrogen) atoms. The predicted octanol–water partition coefficient (Wildman–Crippen LogP) is 2.22. The molecule has 4 rings (SSSR count). The molecular weight excluding hydrogens is 352 g/mol. The highest BCUT2D eigenvalue weighted by Gasteiger charge is 2.11. The van der Waals surface area contributed by atoms with E-state index in [9.17, 15) is 8.42 Å². The van der Waals surface area contributed by atoms with Crippen molar-refractivity contribution in [1.29, 1.82) is 0 Å². The second-order valence-corrected chi connectivity index (χ2v) is 7.45. The summed E-state index contributed by atoms with van der Waals surface area (Å²) in [6.45, 7) is 0. The van der Waals surface area contributed by atoms with Crippen LogP contribution in [0.1, 0.15) is 0 Å². The number of nitrogens with one attached hydrogen (secondary N) is 1. The van der Waals surface area contributed by atoms with Gasteiger partial charge in [0.15, 0.2) is 11.5 Å². The van der Waals surface area contributed by atoms with Crippen molar-refractivity contribution < 1.29 is 8.42 Å². The normalized spacial score (nSPS) is 11.6. The van der Waals surface area contributed by atoms with E-state index in [1.807, 2.05) is 30.3 Å². The lowest BCUT2D eigenvalue weighted by atomic mass is 10.1. The Hall–Kier alpha value is -3.33. The van der Waals surface area contributed by atoms with E-state index in [4.69, 9.17) is 0 Å². The fourth-order valence-corrected chi connectivity index (χ4v) is 3.14. The van der Waals surface area contributed by atoms with Crippen LogP contribution in [0, 0.1) is 0 Å². The number of hydrogen-bond acceptors (Lipinski definition) is 6. The van der Waals surface area contributed by atoms with Gasteiger partial charge in [-0.05, 0) is 36.4 Å². The number of rotatable bonds is 4. The smallest absolute Gasteiger partial charge is 0.229 e. The molecule has 0 saturated heterocycles. The molecule has 0 aliphatic rings. The average Bonchev–Trinajstić information content (AvgIpc) is 3.04. The largest absolute Gasteiger partial charge is 0.284 e. The molecule has 0 spiro atoms. The SMILES string of the molecule is CS(=O)(=O)Nc1cccc(-c2ccc3nnc(-c4ccncc4)n3n2)c1. The van der Waals surface area contributed by atoms with Crippen molar-refractivity contribution in [2.24, 2.45) is 0 Å². The summed E-state index contributed by atoms with van der Waals surface area (Å²) in [5.74, 6) is 0.606. The molecular formula is C17H14N6O2S. The highest BCUT2D eigenvalue weighted by atomic mass is 32.2. The van der Waals surface area contributed by atoms with Crippen LogP contribution in [0.4, 0.5) is 5.69 Å². The molecule has 0 aliphatic heterocycles. The van der Waals surface area contributed by atoms with Gasteiger partial charge in [0.2, 0.25) is 10.0 Å². The second kappa shape index (κ2) is 6.19. The Balaban J connectivity index is 1.80. The van der Waals surface area contributed by atoms with Gasteiger partial charge in [-0.15, -0.1) is 10.2 Å². The first-order valence-corrected chi connectivity index (χ1v) is 9.60. The molecule has 130 valence electrons. The van der Waals surface area contributed by atoms with E-state index >= 15 is 0 Å². The van der Waals surface area contributed by atoms with Crippen LogP contribution in [-0.2, 0) is 10.0 Å². The molecule has 1 N–H and O–H groups in total. The Morgan fingerprint density at radius 2 is 1.77 bits per heavy atom. The minimum Gasteiger partial charge on any atom is -0.284 e. The van der Waals surface area contributed by atoms with E-state index < -0.39 is 10.0 Å². The Bertz CT molecular complexity index is 1190. The van der Waals surface area contributed by atoms with Gasteiger partial charge >= 0.3 is 0 Å². The first-order valence-electron chi connectivity index (χ1n) is 7.71. The second-order valence-electron chi connectivity index (χ2n) is 5.70. The summed E-state index contributed by atoms with van der Waals surface area (Å²) in [5, 5.41) is 12.9. The van der Waals surface area contributed by atoms with E-state index in [2.05, 4.69) is 25.0 Å². The molecule has 1 aromatic carbocycles. The van der Waals surface area contributed by atoms with E-state index in [-0.39, 0.29) is 0 Å². The monoisotopic (exact) mass is 366 g/mol. The van der Waals surface area contributed by atoms with E-state index in [0.717, 1.165) is 17.4 Å². The average molecular weight is 366 g/mol. The van der Waals surface area contributed by atoms with E-state index in [1.165, 1.54) is 0 Å². The molecule has 3 heterocycles. The first-order chi connectivity index (χ1) is 12.5. The summed E-state index contributed by atoms with van der Waals surface area (Å²) in [6.07, 6.45) is 4.48. The molecule has 4 aromatic rings. The minimum absolute atomic E-state index is 0.477. The van der Waals surface area contributed by atoms with Crippen molar-refractivity contribution in [2.75, 3.05) is 11.0 Å². The standard InChI is InChI=1S/C17H14N6O2S/c1-26(24,25)22-14-4-2-3-13(11-14)15-5-6-16-19-20-17(23(16)21-15)12-7-9-18-10-8-12/h2-11,22H,1H3. The third-order valence-corrected chi connectivity index (χ3v) is 4.27.